The van der Waals surface area contributed by atoms with E-state index in [0.717, 1.165) is 43.0 Å². The van der Waals surface area contributed by atoms with E-state index in [1.165, 1.54) is 0 Å². The quantitative estimate of drug-likeness (QED) is 0.378. The van der Waals surface area contributed by atoms with Crippen LogP contribution in [-0.2, 0) is 4.79 Å². The minimum atomic E-state index is -0.322. The lowest BCUT2D eigenvalue weighted by atomic mass is 10.1. The molecule has 1 N–H and O–H groups in total. The van der Waals surface area contributed by atoms with Gasteiger partial charge in [0.25, 0.3) is 5.91 Å². The fraction of sp³-hybridized carbons (Fsp3) is 0.500. The molecule has 1 saturated carbocycles. The van der Waals surface area contributed by atoms with Crippen molar-refractivity contribution in [3.05, 3.63) is 27.7 Å². The molecular formula is C20H25BrN2O3. The summed E-state index contributed by atoms with van der Waals surface area (Å²) in [6.45, 7) is 2.71. The number of hydrogen-bond acceptors (Lipinski definition) is 4. The Morgan fingerprint density at radius 1 is 1.42 bits per heavy atom. The first-order chi connectivity index (χ1) is 12.6. The Balaban J connectivity index is 2.19. The standard InChI is InChI=1S/C20H25BrN2O3/c1-3-4-9-26-19-17(21)11-14(12-18(19)25-2)10-15(13-22)20(24)23-16-7-5-6-8-16/h10-12,16H,3-9H2,1-2H3,(H,23,24). The molecule has 0 bridgehead atoms. The maximum Gasteiger partial charge on any atom is 0.262 e. The number of rotatable bonds is 8. The monoisotopic (exact) mass is 420 g/mol. The van der Waals surface area contributed by atoms with E-state index in [9.17, 15) is 10.1 Å². The summed E-state index contributed by atoms with van der Waals surface area (Å²) in [6.07, 6.45) is 7.79. The van der Waals surface area contributed by atoms with Gasteiger partial charge in [0.2, 0.25) is 0 Å². The fourth-order valence-electron chi connectivity index (χ4n) is 2.93. The molecule has 0 unspecified atom stereocenters. The molecule has 0 atom stereocenters. The summed E-state index contributed by atoms with van der Waals surface area (Å²) in [5.41, 5.74) is 0.792. The Morgan fingerprint density at radius 3 is 2.77 bits per heavy atom. The maximum absolute atomic E-state index is 12.3. The van der Waals surface area contributed by atoms with Crippen LogP contribution in [0.2, 0.25) is 0 Å². The number of nitrogens with one attached hydrogen (secondary N) is 1. The highest BCUT2D eigenvalue weighted by molar-refractivity contribution is 9.10. The van der Waals surface area contributed by atoms with Crippen molar-refractivity contribution in [3.8, 4) is 17.6 Å². The Kier molecular flexibility index (Phi) is 7.99. The number of hydrogen-bond donors (Lipinski definition) is 1. The van der Waals surface area contributed by atoms with Gasteiger partial charge in [0.1, 0.15) is 11.6 Å². The predicted molar refractivity (Wildman–Crippen MR) is 105 cm³/mol. The second-order valence-electron chi connectivity index (χ2n) is 6.36. The summed E-state index contributed by atoms with van der Waals surface area (Å²) < 4.78 is 11.9. The number of nitrogens with zero attached hydrogens (tertiary/aromatic N) is 1. The van der Waals surface area contributed by atoms with E-state index in [1.54, 1.807) is 19.3 Å². The first-order valence-electron chi connectivity index (χ1n) is 9.02. The summed E-state index contributed by atoms with van der Waals surface area (Å²) in [5, 5.41) is 12.3. The summed E-state index contributed by atoms with van der Waals surface area (Å²) in [6, 6.07) is 5.77. The number of halogens is 1. The molecule has 0 heterocycles. The highest BCUT2D eigenvalue weighted by Crippen LogP contribution is 2.37. The first-order valence-corrected chi connectivity index (χ1v) is 9.81. The zero-order chi connectivity index (χ0) is 18.9. The second-order valence-corrected chi connectivity index (χ2v) is 7.22. The highest BCUT2D eigenvalue weighted by Gasteiger charge is 2.19. The third-order valence-corrected chi connectivity index (χ3v) is 4.95. The third kappa shape index (κ3) is 5.50. The van der Waals surface area contributed by atoms with Crippen LogP contribution >= 0.6 is 15.9 Å². The van der Waals surface area contributed by atoms with Crippen LogP contribution in [0.15, 0.2) is 22.2 Å². The van der Waals surface area contributed by atoms with E-state index < -0.39 is 0 Å². The molecule has 0 aromatic heterocycles. The molecule has 1 fully saturated rings. The average Bonchev–Trinajstić information content (AvgIpc) is 3.13. The van der Waals surface area contributed by atoms with E-state index >= 15 is 0 Å². The molecule has 2 rings (SSSR count). The molecule has 0 saturated heterocycles. The zero-order valence-corrected chi connectivity index (χ0v) is 16.9. The van der Waals surface area contributed by atoms with Crippen molar-refractivity contribution in [1.29, 1.82) is 5.26 Å². The summed E-state index contributed by atoms with van der Waals surface area (Å²) in [5.74, 6) is 0.875. The van der Waals surface area contributed by atoms with E-state index in [0.29, 0.717) is 23.7 Å². The number of amides is 1. The minimum Gasteiger partial charge on any atom is -0.493 e. The van der Waals surface area contributed by atoms with Crippen molar-refractivity contribution >= 4 is 27.9 Å². The molecule has 1 aromatic rings. The van der Waals surface area contributed by atoms with Gasteiger partial charge in [-0.2, -0.15) is 5.26 Å². The molecule has 5 nitrogen and oxygen atoms in total. The van der Waals surface area contributed by atoms with Gasteiger partial charge in [0.15, 0.2) is 11.5 Å². The normalized spacial score (nSPS) is 14.8. The molecule has 0 spiro atoms. The Bertz CT molecular complexity index is 704. The lowest BCUT2D eigenvalue weighted by Crippen LogP contribution is -2.33. The smallest absolute Gasteiger partial charge is 0.262 e. The molecule has 1 aliphatic carbocycles. The van der Waals surface area contributed by atoms with Gasteiger partial charge in [0.05, 0.1) is 18.2 Å². The Hall–Kier alpha value is -2.00. The first kappa shape index (κ1) is 20.3. The van der Waals surface area contributed by atoms with Crippen molar-refractivity contribution in [2.75, 3.05) is 13.7 Å². The van der Waals surface area contributed by atoms with Gasteiger partial charge in [-0.1, -0.05) is 26.2 Å². The molecule has 6 heteroatoms. The number of methoxy groups -OCH3 is 1. The number of carbonyl (C=O) groups excluding carboxylic acids is 1. The van der Waals surface area contributed by atoms with Crippen molar-refractivity contribution < 1.29 is 14.3 Å². The van der Waals surface area contributed by atoms with Crippen molar-refractivity contribution in [1.82, 2.24) is 5.32 Å². The Labute approximate surface area is 163 Å². The largest absolute Gasteiger partial charge is 0.493 e. The number of nitriles is 1. The number of unbranched alkanes of at least 4 members (excludes halogenated alkanes) is 1. The van der Waals surface area contributed by atoms with Crippen LogP contribution in [-0.4, -0.2) is 25.7 Å². The van der Waals surface area contributed by atoms with Crippen molar-refractivity contribution in [3.63, 3.8) is 0 Å². The lowest BCUT2D eigenvalue weighted by molar-refractivity contribution is -0.117. The minimum absolute atomic E-state index is 0.0884. The molecule has 0 radical (unpaired) electrons. The van der Waals surface area contributed by atoms with E-state index in [4.69, 9.17) is 9.47 Å². The Morgan fingerprint density at radius 2 is 2.15 bits per heavy atom. The van der Waals surface area contributed by atoms with Crippen LogP contribution in [0.5, 0.6) is 11.5 Å². The second kappa shape index (κ2) is 10.2. The molecule has 140 valence electrons. The maximum atomic E-state index is 12.3. The SMILES string of the molecule is CCCCOc1c(Br)cc(C=C(C#N)C(=O)NC2CCCC2)cc1OC. The van der Waals surface area contributed by atoms with Crippen LogP contribution in [0.1, 0.15) is 51.0 Å². The van der Waals surface area contributed by atoms with Gasteiger partial charge in [-0.25, -0.2) is 0 Å². The van der Waals surface area contributed by atoms with Gasteiger partial charge in [-0.05, 0) is 59.0 Å². The van der Waals surface area contributed by atoms with Crippen LogP contribution in [0.25, 0.3) is 6.08 Å². The highest BCUT2D eigenvalue weighted by atomic mass is 79.9. The molecule has 1 aromatic carbocycles. The summed E-state index contributed by atoms with van der Waals surface area (Å²) in [4.78, 5) is 12.3. The van der Waals surface area contributed by atoms with Gasteiger partial charge in [0, 0.05) is 6.04 Å². The van der Waals surface area contributed by atoms with Gasteiger partial charge in [-0.3, -0.25) is 4.79 Å². The number of ether oxygens (including phenoxy) is 2. The van der Waals surface area contributed by atoms with Gasteiger partial charge >= 0.3 is 0 Å². The number of benzene rings is 1. The fourth-order valence-corrected chi connectivity index (χ4v) is 3.50. The molecule has 0 aliphatic heterocycles. The van der Waals surface area contributed by atoms with E-state index in [2.05, 4.69) is 28.2 Å². The van der Waals surface area contributed by atoms with Crippen molar-refractivity contribution in [2.24, 2.45) is 0 Å². The molecule has 1 amide bonds. The summed E-state index contributed by atoms with van der Waals surface area (Å²) >= 11 is 3.49. The van der Waals surface area contributed by atoms with Crippen LogP contribution in [0.3, 0.4) is 0 Å². The molecular weight excluding hydrogens is 396 g/mol. The van der Waals surface area contributed by atoms with Gasteiger partial charge < -0.3 is 14.8 Å². The molecule has 26 heavy (non-hydrogen) atoms. The van der Waals surface area contributed by atoms with Crippen LogP contribution in [0.4, 0.5) is 0 Å². The average molecular weight is 421 g/mol. The number of carbonyl (C=O) groups is 1. The molecule has 1 aliphatic rings. The van der Waals surface area contributed by atoms with Crippen molar-refractivity contribution in [2.45, 2.75) is 51.5 Å². The zero-order valence-electron chi connectivity index (χ0n) is 15.3. The third-order valence-electron chi connectivity index (χ3n) is 4.36. The van der Waals surface area contributed by atoms with E-state index in [1.807, 2.05) is 12.1 Å². The van der Waals surface area contributed by atoms with Gasteiger partial charge in [-0.15, -0.1) is 0 Å². The van der Waals surface area contributed by atoms with Crippen LogP contribution < -0.4 is 14.8 Å². The lowest BCUT2D eigenvalue weighted by Gasteiger charge is -2.14. The topological polar surface area (TPSA) is 71.3 Å². The summed E-state index contributed by atoms with van der Waals surface area (Å²) in [7, 11) is 1.57. The van der Waals surface area contributed by atoms with E-state index in [-0.39, 0.29) is 17.5 Å². The van der Waals surface area contributed by atoms with Crippen LogP contribution in [0, 0.1) is 11.3 Å². The predicted octanol–water partition coefficient (Wildman–Crippen LogP) is 4.60.